The van der Waals surface area contributed by atoms with Gasteiger partial charge in [0.15, 0.2) is 0 Å². The minimum atomic E-state index is -3.89. The minimum Gasteiger partial charge on any atom is -0.264 e. The normalized spacial score (nSPS) is 11.1. The fourth-order valence-electron chi connectivity index (χ4n) is 2.00. The Morgan fingerprint density at radius 2 is 1.23 bits per heavy atom. The zero-order valence-electron chi connectivity index (χ0n) is 11.6. The molecule has 4 nitrogen and oxygen atoms in total. The van der Waals surface area contributed by atoms with Crippen molar-refractivity contribution >= 4 is 20.9 Å². The van der Waals surface area contributed by atoms with Crippen LogP contribution in [0.25, 0.3) is 10.8 Å². The summed E-state index contributed by atoms with van der Waals surface area (Å²) in [7, 11) is -3.89. The molecule has 3 aromatic carbocycles. The molecule has 0 saturated heterocycles. The van der Waals surface area contributed by atoms with Gasteiger partial charge in [-0.25, -0.2) is 0 Å². The van der Waals surface area contributed by atoms with Crippen LogP contribution < -0.4 is 5.36 Å². The molecule has 0 N–H and O–H groups in total. The van der Waals surface area contributed by atoms with Crippen LogP contribution >= 0.6 is 0 Å². The first-order valence-corrected chi connectivity index (χ1v) is 8.08. The fourth-order valence-corrected chi connectivity index (χ4v) is 2.76. The Balaban J connectivity index is 1.96. The van der Waals surface area contributed by atoms with Crippen LogP contribution in [0.4, 0.5) is 0 Å². The lowest BCUT2D eigenvalue weighted by atomic mass is 10.2. The minimum absolute atomic E-state index is 0.0733. The molecular formula is C17H13NO3S. The van der Waals surface area contributed by atoms with Gasteiger partial charge >= 0.3 is 10.1 Å². The monoisotopic (exact) mass is 311 g/mol. The second kappa shape index (κ2) is 5.99. The van der Waals surface area contributed by atoms with Crippen LogP contribution in [0, 0.1) is 0 Å². The molecule has 0 heterocycles. The molecule has 3 aromatic rings. The molecule has 110 valence electrons. The zero-order chi connectivity index (χ0) is 15.4. The van der Waals surface area contributed by atoms with Crippen molar-refractivity contribution in [3.05, 3.63) is 84.2 Å². The van der Waals surface area contributed by atoms with E-state index in [1.807, 2.05) is 36.4 Å². The summed E-state index contributed by atoms with van der Waals surface area (Å²) in [5, 5.41) is 6.23. The molecule has 0 fully saturated rings. The molecule has 5 heteroatoms. The van der Waals surface area contributed by atoms with Crippen LogP contribution in [0.15, 0.2) is 88.9 Å². The number of fused-ring (bicyclic) bond motifs is 1. The Labute approximate surface area is 128 Å². The van der Waals surface area contributed by atoms with Gasteiger partial charge < -0.3 is 0 Å². The van der Waals surface area contributed by atoms with Gasteiger partial charge in [0.1, 0.15) is 10.3 Å². The van der Waals surface area contributed by atoms with Crippen LogP contribution in [0.5, 0.6) is 0 Å². The predicted molar refractivity (Wildman–Crippen MR) is 84.2 cm³/mol. The molecule has 0 aliphatic rings. The van der Waals surface area contributed by atoms with Gasteiger partial charge in [-0.3, -0.25) is 4.28 Å². The molecule has 0 radical (unpaired) electrons. The smallest absolute Gasteiger partial charge is 0.264 e. The van der Waals surface area contributed by atoms with Crippen LogP contribution in [-0.2, 0) is 14.4 Å². The summed E-state index contributed by atoms with van der Waals surface area (Å²) in [5.41, 5.74) is 0. The first-order valence-electron chi connectivity index (χ1n) is 6.67. The van der Waals surface area contributed by atoms with Crippen LogP contribution in [0.2, 0.25) is 0 Å². The highest BCUT2D eigenvalue weighted by atomic mass is 32.2. The standard InChI is InChI=1S/C17H13NO3S/c19-22(20,17-8-2-1-3-9-17)21-18-16-12-10-14-6-4-5-7-15(14)11-13-16/h1-13H. The molecule has 0 atom stereocenters. The quantitative estimate of drug-likeness (QED) is 0.699. The Morgan fingerprint density at radius 1 is 0.682 bits per heavy atom. The summed E-state index contributed by atoms with van der Waals surface area (Å²) in [6.07, 6.45) is 0. The van der Waals surface area contributed by atoms with Crippen molar-refractivity contribution in [3.8, 4) is 0 Å². The van der Waals surface area contributed by atoms with E-state index < -0.39 is 10.1 Å². The molecular weight excluding hydrogens is 298 g/mol. The third kappa shape index (κ3) is 3.15. The second-order valence-corrected chi connectivity index (χ2v) is 6.18. The van der Waals surface area contributed by atoms with E-state index in [2.05, 4.69) is 5.16 Å². The Kier molecular flexibility index (Phi) is 3.89. The van der Waals surface area contributed by atoms with Gasteiger partial charge in [0.05, 0.1) is 0 Å². The molecule has 22 heavy (non-hydrogen) atoms. The topological polar surface area (TPSA) is 55.7 Å². The van der Waals surface area contributed by atoms with Gasteiger partial charge in [0.25, 0.3) is 0 Å². The molecule has 0 aromatic heterocycles. The molecule has 0 amide bonds. The number of hydrogen-bond donors (Lipinski definition) is 0. The molecule has 0 unspecified atom stereocenters. The molecule has 0 aliphatic carbocycles. The molecule has 3 rings (SSSR count). The van der Waals surface area contributed by atoms with Gasteiger partial charge in [0, 0.05) is 0 Å². The maximum atomic E-state index is 12.0. The van der Waals surface area contributed by atoms with E-state index in [9.17, 15) is 8.42 Å². The van der Waals surface area contributed by atoms with E-state index in [4.69, 9.17) is 4.28 Å². The lowest BCUT2D eigenvalue weighted by Crippen LogP contribution is -2.06. The number of nitrogens with zero attached hydrogens (tertiary/aromatic N) is 1. The fraction of sp³-hybridized carbons (Fsp3) is 0. The molecule has 0 bridgehead atoms. The van der Waals surface area contributed by atoms with E-state index >= 15 is 0 Å². The third-order valence-electron chi connectivity index (χ3n) is 3.14. The first kappa shape index (κ1) is 14.3. The Hall–Kier alpha value is -2.66. The SMILES string of the molecule is O=S(=O)(ON=c1ccc2ccccc2cc1)c1ccccc1. The van der Waals surface area contributed by atoms with Crippen molar-refractivity contribution in [2.45, 2.75) is 4.90 Å². The first-order chi connectivity index (χ1) is 10.6. The van der Waals surface area contributed by atoms with E-state index in [0.29, 0.717) is 5.36 Å². The van der Waals surface area contributed by atoms with Crippen LogP contribution in [-0.4, -0.2) is 8.42 Å². The van der Waals surface area contributed by atoms with Crippen LogP contribution in [0.3, 0.4) is 0 Å². The number of rotatable bonds is 3. The Morgan fingerprint density at radius 3 is 1.82 bits per heavy atom. The molecule has 0 aliphatic heterocycles. The summed E-state index contributed by atoms with van der Waals surface area (Å²) >= 11 is 0. The van der Waals surface area contributed by atoms with Crippen molar-refractivity contribution in [1.82, 2.24) is 0 Å². The lowest BCUT2D eigenvalue weighted by molar-refractivity contribution is 0.325. The highest BCUT2D eigenvalue weighted by Gasteiger charge is 2.14. The highest BCUT2D eigenvalue weighted by molar-refractivity contribution is 7.86. The van der Waals surface area contributed by atoms with E-state index in [1.54, 1.807) is 30.3 Å². The van der Waals surface area contributed by atoms with E-state index in [1.165, 1.54) is 12.1 Å². The predicted octanol–water partition coefficient (Wildman–Crippen LogP) is 3.06. The average molecular weight is 311 g/mol. The van der Waals surface area contributed by atoms with Gasteiger partial charge in [-0.05, 0) is 35.0 Å². The summed E-state index contributed by atoms with van der Waals surface area (Å²) in [5.74, 6) is 0. The molecule has 0 saturated carbocycles. The van der Waals surface area contributed by atoms with Crippen molar-refractivity contribution < 1.29 is 12.7 Å². The maximum Gasteiger partial charge on any atom is 0.358 e. The van der Waals surface area contributed by atoms with E-state index in [0.717, 1.165) is 10.8 Å². The van der Waals surface area contributed by atoms with Gasteiger partial charge in [-0.2, -0.15) is 8.42 Å². The summed E-state index contributed by atoms with van der Waals surface area (Å²) in [6.45, 7) is 0. The number of benzene rings is 2. The summed E-state index contributed by atoms with van der Waals surface area (Å²) in [6, 6.07) is 22.9. The van der Waals surface area contributed by atoms with Gasteiger partial charge in [-0.1, -0.05) is 59.8 Å². The lowest BCUT2D eigenvalue weighted by Gasteiger charge is -1.99. The second-order valence-electron chi connectivity index (χ2n) is 4.65. The third-order valence-corrected chi connectivity index (χ3v) is 4.26. The van der Waals surface area contributed by atoms with Crippen molar-refractivity contribution in [1.29, 1.82) is 0 Å². The highest BCUT2D eigenvalue weighted by Crippen LogP contribution is 2.12. The molecule has 0 spiro atoms. The zero-order valence-corrected chi connectivity index (χ0v) is 12.4. The number of hydrogen-bond acceptors (Lipinski definition) is 4. The van der Waals surface area contributed by atoms with Crippen molar-refractivity contribution in [2.75, 3.05) is 0 Å². The van der Waals surface area contributed by atoms with Crippen LogP contribution in [0.1, 0.15) is 0 Å². The largest absolute Gasteiger partial charge is 0.358 e. The summed E-state index contributed by atoms with van der Waals surface area (Å²) < 4.78 is 28.8. The average Bonchev–Trinajstić information content (AvgIpc) is 2.76. The van der Waals surface area contributed by atoms with Crippen molar-refractivity contribution in [3.63, 3.8) is 0 Å². The Bertz CT molecular complexity index is 926. The van der Waals surface area contributed by atoms with Gasteiger partial charge in [0.2, 0.25) is 0 Å². The summed E-state index contributed by atoms with van der Waals surface area (Å²) in [4.78, 5) is 0.0733. The van der Waals surface area contributed by atoms with E-state index in [-0.39, 0.29) is 4.90 Å². The van der Waals surface area contributed by atoms with Gasteiger partial charge in [-0.15, -0.1) is 0 Å². The van der Waals surface area contributed by atoms with Crippen molar-refractivity contribution in [2.24, 2.45) is 5.16 Å². The maximum absolute atomic E-state index is 12.0.